The first-order valence-electron chi connectivity index (χ1n) is 4.34. The van der Waals surface area contributed by atoms with Gasteiger partial charge in [-0.25, -0.2) is 24.3 Å². The van der Waals surface area contributed by atoms with Crippen LogP contribution in [0.3, 0.4) is 0 Å². The molecule has 0 spiro atoms. The van der Waals surface area contributed by atoms with Crippen molar-refractivity contribution in [3.05, 3.63) is 48.6 Å². The summed E-state index contributed by atoms with van der Waals surface area (Å²) >= 11 is -1.39. The van der Waals surface area contributed by atoms with Gasteiger partial charge in [-0.05, 0) is 0 Å². The quantitative estimate of drug-likeness (QED) is 0.633. The first-order valence-corrected chi connectivity index (χ1v) is 6.80. The van der Waals surface area contributed by atoms with E-state index in [1.54, 1.807) is 0 Å². The van der Waals surface area contributed by atoms with Crippen molar-refractivity contribution in [2.75, 3.05) is 0 Å². The number of allylic oxidation sites excluding steroid dienone is 8. The molecule has 0 saturated carbocycles. The van der Waals surface area contributed by atoms with Gasteiger partial charge in [-0.15, -0.1) is 12.8 Å². The van der Waals surface area contributed by atoms with Crippen molar-refractivity contribution < 1.29 is 31.9 Å². The molecule has 0 fully saturated rings. The maximum absolute atomic E-state index is 9.09. The van der Waals surface area contributed by atoms with Crippen LogP contribution < -0.4 is 0 Å². The summed E-state index contributed by atoms with van der Waals surface area (Å²) in [4.78, 5) is 18.2. The topological polar surface area (TPSA) is 34.1 Å². The van der Waals surface area contributed by atoms with Gasteiger partial charge in [0.15, 0.2) is 0 Å². The van der Waals surface area contributed by atoms with Gasteiger partial charge in [0.25, 0.3) is 0 Å². The third kappa shape index (κ3) is 13.0. The van der Waals surface area contributed by atoms with Crippen LogP contribution in [0.5, 0.6) is 0 Å². The molecule has 2 aliphatic carbocycles. The first kappa shape index (κ1) is 14.0. The Balaban J connectivity index is 0.000000196. The summed E-state index contributed by atoms with van der Waals surface area (Å²) in [6.07, 6.45) is 20.0. The Kier molecular flexibility index (Phi) is 12.1. The van der Waals surface area contributed by atoms with Crippen LogP contribution in [0.1, 0.15) is 12.8 Å². The van der Waals surface area contributed by atoms with Crippen LogP contribution in [-0.4, -0.2) is 7.15 Å². The molecule has 0 amide bonds. The van der Waals surface area contributed by atoms with Crippen molar-refractivity contribution in [3.8, 4) is 0 Å². The van der Waals surface area contributed by atoms with Gasteiger partial charge in [0.05, 0.1) is 0 Å². The van der Waals surface area contributed by atoms with E-state index in [1.165, 1.54) is 7.15 Å². The summed E-state index contributed by atoms with van der Waals surface area (Å²) < 4.78 is 3.03. The van der Waals surface area contributed by atoms with Gasteiger partial charge < -0.3 is 0 Å². The molecular weight excluding hydrogens is 267 g/mol. The predicted octanol–water partition coefficient (Wildman–Crippen LogP) is 1.81. The summed E-state index contributed by atoms with van der Waals surface area (Å²) in [6, 6.07) is 0. The molecule has 0 aromatic heterocycles. The van der Waals surface area contributed by atoms with Crippen LogP contribution in [0.25, 0.3) is 0 Å². The summed E-state index contributed by atoms with van der Waals surface area (Å²) in [5.41, 5.74) is 0. The zero-order valence-corrected chi connectivity index (χ0v) is 10.7. The Morgan fingerprint density at radius 2 is 1.40 bits per heavy atom. The fraction of sp³-hybridized carbons (Fsp3) is 0.167. The molecule has 0 radical (unpaired) electrons. The minimum absolute atomic E-state index is 1.01. The number of hydrogen-bond donors (Lipinski definition) is 0. The normalized spacial score (nSPS) is 12.8. The summed E-state index contributed by atoms with van der Waals surface area (Å²) in [6.45, 7) is 0. The second-order valence-electron chi connectivity index (χ2n) is 2.34. The Bertz CT molecular complexity index is 318. The molecule has 3 heteroatoms. The maximum Gasteiger partial charge on any atom is -0.109 e. The Morgan fingerprint density at radius 3 is 1.47 bits per heavy atom. The molecule has 0 aromatic carbocycles. The summed E-state index contributed by atoms with van der Waals surface area (Å²) in [5.74, 6) is 0. The molecule has 0 atom stereocenters. The first-order chi connectivity index (χ1) is 7.41. The summed E-state index contributed by atoms with van der Waals surface area (Å²) in [5, 5.41) is 0. The molecule has 2 nitrogen and oxygen atoms in total. The van der Waals surface area contributed by atoms with E-state index in [1.807, 2.05) is 24.3 Å². The average molecular weight is 277 g/mol. The number of rotatable bonds is 0. The molecule has 0 aromatic rings. The van der Waals surface area contributed by atoms with E-state index in [9.17, 15) is 0 Å². The van der Waals surface area contributed by atoms with Gasteiger partial charge in [-0.3, -0.25) is 12.2 Å². The Morgan fingerprint density at radius 1 is 0.933 bits per heavy atom. The van der Waals surface area contributed by atoms with Gasteiger partial charge >= 0.3 is 39.0 Å². The zero-order valence-electron chi connectivity index (χ0n) is 8.19. The van der Waals surface area contributed by atoms with E-state index in [-0.39, 0.29) is 0 Å². The van der Waals surface area contributed by atoms with E-state index in [0.29, 0.717) is 0 Å². The third-order valence-corrected chi connectivity index (χ3v) is 1.78. The monoisotopic (exact) mass is 276 g/mol. The number of hydrogen-bond acceptors (Lipinski definition) is 2. The molecule has 76 valence electrons. The largest absolute Gasteiger partial charge is 0.273 e. The van der Waals surface area contributed by atoms with Crippen LogP contribution in [0.4, 0.5) is 0 Å². The molecule has 0 aliphatic heterocycles. The Hall–Kier alpha value is -0.997. The van der Waals surface area contributed by atoms with Crippen molar-refractivity contribution in [2.45, 2.75) is 12.8 Å². The van der Waals surface area contributed by atoms with Crippen molar-refractivity contribution in [3.63, 3.8) is 0 Å². The SMILES string of the molecule is O=[C]=[Zr]=[C]=O.[C-]1=CC=CC1.[C-]1=CC=CC1. The fourth-order valence-electron chi connectivity index (χ4n) is 0.701. The maximum atomic E-state index is 9.09. The predicted molar refractivity (Wildman–Crippen MR) is 54.5 cm³/mol. The molecule has 0 N–H and O–H groups in total. The van der Waals surface area contributed by atoms with Crippen LogP contribution in [0.15, 0.2) is 36.5 Å². The van der Waals surface area contributed by atoms with Crippen molar-refractivity contribution in [1.82, 2.24) is 0 Å². The van der Waals surface area contributed by atoms with E-state index in [0.717, 1.165) is 12.8 Å². The molecule has 0 unspecified atom stereocenters. The third-order valence-electron chi connectivity index (χ3n) is 1.27. The minimum Gasteiger partial charge on any atom is -0.273 e. The van der Waals surface area contributed by atoms with E-state index < -0.39 is 22.3 Å². The van der Waals surface area contributed by atoms with Gasteiger partial charge in [-0.2, -0.15) is 12.2 Å². The molecular formula is C12H10O2Zr-2. The molecule has 0 bridgehead atoms. The van der Waals surface area contributed by atoms with Crippen LogP contribution in [-0.2, 0) is 31.9 Å². The van der Waals surface area contributed by atoms with E-state index >= 15 is 0 Å². The van der Waals surface area contributed by atoms with Gasteiger partial charge in [-0.1, -0.05) is 0 Å². The second kappa shape index (κ2) is 13.0. The van der Waals surface area contributed by atoms with Crippen LogP contribution in [0.2, 0.25) is 0 Å². The molecule has 0 heterocycles. The van der Waals surface area contributed by atoms with Crippen molar-refractivity contribution in [2.24, 2.45) is 0 Å². The average Bonchev–Trinajstić information content (AvgIpc) is 2.99. The van der Waals surface area contributed by atoms with E-state index in [2.05, 4.69) is 24.3 Å². The van der Waals surface area contributed by atoms with Crippen LogP contribution in [0, 0.1) is 12.2 Å². The second-order valence-corrected chi connectivity index (χ2v) is 3.95. The van der Waals surface area contributed by atoms with Gasteiger partial charge in [0, 0.05) is 0 Å². The Labute approximate surface area is 100 Å². The summed E-state index contributed by atoms with van der Waals surface area (Å²) in [7, 11) is 0. The van der Waals surface area contributed by atoms with E-state index in [4.69, 9.17) is 9.59 Å². The molecule has 0 saturated heterocycles. The number of carbonyl (C=O) groups excluding carboxylic acids is 2. The smallest absolute Gasteiger partial charge is 0.109 e. The minimum atomic E-state index is -1.39. The standard InChI is InChI=1S/2C5H5.2CO.Zr/c2*1-2-4-5-3-1;2*1-2;/h2*1-3H,4H2;;;/q2*-1;;;. The van der Waals surface area contributed by atoms with Gasteiger partial charge in [0.1, 0.15) is 0 Å². The fourth-order valence-corrected chi connectivity index (χ4v) is 0.804. The zero-order chi connectivity index (χ0) is 11.2. The van der Waals surface area contributed by atoms with Gasteiger partial charge in [0.2, 0.25) is 0 Å². The van der Waals surface area contributed by atoms with Crippen LogP contribution >= 0.6 is 0 Å². The van der Waals surface area contributed by atoms with Crippen molar-refractivity contribution in [1.29, 1.82) is 0 Å². The van der Waals surface area contributed by atoms with Crippen molar-refractivity contribution >= 4 is 7.15 Å². The molecule has 2 aliphatic rings. The molecule has 2 rings (SSSR count). The molecule has 15 heavy (non-hydrogen) atoms.